The van der Waals surface area contributed by atoms with Crippen LogP contribution in [0, 0.1) is 11.6 Å². The summed E-state index contributed by atoms with van der Waals surface area (Å²) in [4.78, 5) is 0.390. The fraction of sp³-hybridized carbons (Fsp3) is 0.538. The van der Waals surface area contributed by atoms with Crippen LogP contribution in [0.5, 0.6) is 0 Å². The number of hydrogen-bond donors (Lipinski definition) is 1. The average molecular weight is 259 g/mol. The van der Waals surface area contributed by atoms with Crippen molar-refractivity contribution in [2.75, 3.05) is 6.54 Å². The van der Waals surface area contributed by atoms with Crippen LogP contribution < -0.4 is 5.32 Å². The van der Waals surface area contributed by atoms with Crippen LogP contribution in [0.25, 0.3) is 0 Å². The summed E-state index contributed by atoms with van der Waals surface area (Å²) >= 11 is 1.38. The van der Waals surface area contributed by atoms with Gasteiger partial charge in [0.05, 0.1) is 0 Å². The molecule has 4 heteroatoms. The molecule has 96 valence electrons. The van der Waals surface area contributed by atoms with Gasteiger partial charge in [0.2, 0.25) is 0 Å². The lowest BCUT2D eigenvalue weighted by Gasteiger charge is -2.17. The molecule has 0 aromatic heterocycles. The lowest BCUT2D eigenvalue weighted by Crippen LogP contribution is -2.28. The molecule has 0 aliphatic heterocycles. The number of thioether (sulfide) groups is 1. The lowest BCUT2D eigenvalue weighted by atomic mass is 10.2. The number of hydrogen-bond acceptors (Lipinski definition) is 2. The highest BCUT2D eigenvalue weighted by molar-refractivity contribution is 8.00. The van der Waals surface area contributed by atoms with Crippen LogP contribution in [0.3, 0.4) is 0 Å². The molecule has 1 N–H and O–H groups in total. The van der Waals surface area contributed by atoms with Crippen LogP contribution in [-0.4, -0.2) is 17.8 Å². The Labute approximate surface area is 106 Å². The van der Waals surface area contributed by atoms with E-state index in [1.165, 1.54) is 23.9 Å². The number of benzene rings is 1. The number of halogens is 2. The van der Waals surface area contributed by atoms with Crippen LogP contribution in [0.4, 0.5) is 8.78 Å². The highest BCUT2D eigenvalue weighted by atomic mass is 32.2. The summed E-state index contributed by atoms with van der Waals surface area (Å²) in [5.41, 5.74) is 0. The Kier molecular flexibility index (Phi) is 5.92. The van der Waals surface area contributed by atoms with Crippen LogP contribution in [0.2, 0.25) is 0 Å². The van der Waals surface area contributed by atoms with Crippen molar-refractivity contribution in [2.45, 2.75) is 43.4 Å². The smallest absolute Gasteiger partial charge is 0.136 e. The average Bonchev–Trinajstić information content (AvgIpc) is 2.23. The van der Waals surface area contributed by atoms with Crippen LogP contribution in [-0.2, 0) is 0 Å². The summed E-state index contributed by atoms with van der Waals surface area (Å²) in [6.45, 7) is 7.11. The Morgan fingerprint density at radius 2 is 2.00 bits per heavy atom. The van der Waals surface area contributed by atoms with E-state index in [-0.39, 0.29) is 16.9 Å². The van der Waals surface area contributed by atoms with E-state index in [9.17, 15) is 8.78 Å². The van der Waals surface area contributed by atoms with Gasteiger partial charge < -0.3 is 5.32 Å². The fourth-order valence-corrected chi connectivity index (χ4v) is 2.94. The second kappa shape index (κ2) is 6.97. The second-order valence-corrected chi connectivity index (χ2v) is 5.68. The zero-order chi connectivity index (χ0) is 12.8. The Hall–Kier alpha value is -0.610. The predicted molar refractivity (Wildman–Crippen MR) is 69.4 cm³/mol. The van der Waals surface area contributed by atoms with E-state index in [1.807, 2.05) is 6.92 Å². The molecule has 2 atom stereocenters. The topological polar surface area (TPSA) is 12.0 Å². The van der Waals surface area contributed by atoms with E-state index in [1.54, 1.807) is 0 Å². The molecule has 0 aliphatic rings. The molecule has 1 rings (SSSR count). The molecule has 1 nitrogen and oxygen atoms in total. The Balaban J connectivity index is 2.55. The first-order chi connectivity index (χ1) is 8.02. The maximum Gasteiger partial charge on any atom is 0.136 e. The molecular formula is C13H19F2NS. The molecule has 17 heavy (non-hydrogen) atoms. The first kappa shape index (κ1) is 14.5. The van der Waals surface area contributed by atoms with Gasteiger partial charge in [-0.05, 0) is 38.1 Å². The summed E-state index contributed by atoms with van der Waals surface area (Å²) in [6, 6.07) is 3.97. The van der Waals surface area contributed by atoms with E-state index in [0.29, 0.717) is 10.9 Å². The van der Waals surface area contributed by atoms with Crippen molar-refractivity contribution in [3.8, 4) is 0 Å². The van der Waals surface area contributed by atoms with Gasteiger partial charge in [0.25, 0.3) is 0 Å². The monoisotopic (exact) mass is 259 g/mol. The number of rotatable bonds is 6. The molecule has 0 bridgehead atoms. The summed E-state index contributed by atoms with van der Waals surface area (Å²) in [5, 5.41) is 3.56. The second-order valence-electron chi connectivity index (χ2n) is 4.20. The normalized spacial score (nSPS) is 14.6. The standard InChI is InChI=1S/C13H19F2NS/c1-4-16-9(2)7-10(3)17-13-8-11(14)5-6-12(13)15/h5-6,8-10,16H,4,7H2,1-3H3. The molecule has 0 amide bonds. The van der Waals surface area contributed by atoms with Crippen molar-refractivity contribution in [2.24, 2.45) is 0 Å². The van der Waals surface area contributed by atoms with Crippen molar-refractivity contribution < 1.29 is 8.78 Å². The van der Waals surface area contributed by atoms with E-state index in [4.69, 9.17) is 0 Å². The van der Waals surface area contributed by atoms with E-state index in [2.05, 4.69) is 19.2 Å². The summed E-state index contributed by atoms with van der Waals surface area (Å²) in [6.07, 6.45) is 0.925. The minimum atomic E-state index is -0.388. The molecule has 0 fully saturated rings. The van der Waals surface area contributed by atoms with Gasteiger partial charge in [0.1, 0.15) is 11.6 Å². The predicted octanol–water partition coefficient (Wildman–Crippen LogP) is 3.83. The lowest BCUT2D eigenvalue weighted by molar-refractivity contribution is 0.529. The van der Waals surface area contributed by atoms with Gasteiger partial charge in [-0.3, -0.25) is 0 Å². The zero-order valence-corrected chi connectivity index (χ0v) is 11.3. The minimum Gasteiger partial charge on any atom is -0.314 e. The summed E-state index contributed by atoms with van der Waals surface area (Å²) in [7, 11) is 0. The fourth-order valence-electron chi connectivity index (χ4n) is 1.76. The van der Waals surface area contributed by atoms with Gasteiger partial charge in [0, 0.05) is 16.2 Å². The maximum atomic E-state index is 13.4. The first-order valence-corrected chi connectivity index (χ1v) is 6.76. The third-order valence-corrected chi connectivity index (χ3v) is 3.62. The van der Waals surface area contributed by atoms with E-state index < -0.39 is 0 Å². The quantitative estimate of drug-likeness (QED) is 0.779. The molecule has 0 heterocycles. The van der Waals surface area contributed by atoms with Crippen molar-refractivity contribution >= 4 is 11.8 Å². The van der Waals surface area contributed by atoms with Crippen LogP contribution >= 0.6 is 11.8 Å². The molecular weight excluding hydrogens is 240 g/mol. The first-order valence-electron chi connectivity index (χ1n) is 5.88. The Bertz CT molecular complexity index is 357. The van der Waals surface area contributed by atoms with Crippen molar-refractivity contribution in [3.63, 3.8) is 0 Å². The van der Waals surface area contributed by atoms with Crippen molar-refractivity contribution in [1.82, 2.24) is 5.32 Å². The van der Waals surface area contributed by atoms with Gasteiger partial charge in [-0.25, -0.2) is 8.78 Å². The van der Waals surface area contributed by atoms with Gasteiger partial charge in [0.15, 0.2) is 0 Å². The maximum absolute atomic E-state index is 13.4. The van der Waals surface area contributed by atoms with Gasteiger partial charge in [-0.2, -0.15) is 0 Å². The van der Waals surface area contributed by atoms with Crippen LogP contribution in [0.1, 0.15) is 27.2 Å². The molecule has 1 aromatic carbocycles. The zero-order valence-electron chi connectivity index (χ0n) is 10.5. The minimum absolute atomic E-state index is 0.250. The number of nitrogens with one attached hydrogen (secondary N) is 1. The molecule has 2 unspecified atom stereocenters. The van der Waals surface area contributed by atoms with E-state index in [0.717, 1.165) is 19.0 Å². The van der Waals surface area contributed by atoms with Gasteiger partial charge >= 0.3 is 0 Å². The highest BCUT2D eigenvalue weighted by Gasteiger charge is 2.12. The van der Waals surface area contributed by atoms with E-state index >= 15 is 0 Å². The molecule has 0 saturated heterocycles. The molecule has 0 saturated carbocycles. The Morgan fingerprint density at radius 3 is 2.65 bits per heavy atom. The van der Waals surface area contributed by atoms with Crippen LogP contribution in [0.15, 0.2) is 23.1 Å². The van der Waals surface area contributed by atoms with Gasteiger partial charge in [-0.1, -0.05) is 13.8 Å². The summed E-state index contributed by atoms with van der Waals surface area (Å²) < 4.78 is 26.4. The third-order valence-electron chi connectivity index (χ3n) is 2.46. The highest BCUT2D eigenvalue weighted by Crippen LogP contribution is 2.28. The SMILES string of the molecule is CCNC(C)CC(C)Sc1cc(F)ccc1F. The molecule has 0 radical (unpaired) electrons. The Morgan fingerprint density at radius 1 is 1.29 bits per heavy atom. The largest absolute Gasteiger partial charge is 0.314 e. The summed E-state index contributed by atoms with van der Waals surface area (Å²) in [5.74, 6) is -0.736. The van der Waals surface area contributed by atoms with Crippen molar-refractivity contribution in [3.05, 3.63) is 29.8 Å². The van der Waals surface area contributed by atoms with Crippen molar-refractivity contribution in [1.29, 1.82) is 0 Å². The third kappa shape index (κ3) is 5.04. The molecule has 0 spiro atoms. The molecule has 0 aliphatic carbocycles. The van der Waals surface area contributed by atoms with Gasteiger partial charge in [-0.15, -0.1) is 11.8 Å². The molecule has 1 aromatic rings.